The summed E-state index contributed by atoms with van der Waals surface area (Å²) in [5.74, 6) is 1.33. The molecular weight excluding hydrogens is 316 g/mol. The maximum Gasteiger partial charge on any atom is 0.272 e. The lowest BCUT2D eigenvalue weighted by molar-refractivity contribution is -0.00242. The third kappa shape index (κ3) is 4.28. The predicted octanol–water partition coefficient (Wildman–Crippen LogP) is 3.52. The van der Waals surface area contributed by atoms with E-state index < -0.39 is 0 Å². The van der Waals surface area contributed by atoms with E-state index >= 15 is 0 Å². The van der Waals surface area contributed by atoms with E-state index in [1.54, 1.807) is 13.2 Å². The second kappa shape index (κ2) is 7.83. The summed E-state index contributed by atoms with van der Waals surface area (Å²) in [4.78, 5) is 19.1. The van der Waals surface area contributed by atoms with Crippen molar-refractivity contribution in [3.63, 3.8) is 0 Å². The minimum absolute atomic E-state index is 0.0000256. The van der Waals surface area contributed by atoms with E-state index in [2.05, 4.69) is 18.8 Å². The highest BCUT2D eigenvalue weighted by atomic mass is 16.5. The van der Waals surface area contributed by atoms with Crippen LogP contribution in [0.3, 0.4) is 0 Å². The summed E-state index contributed by atoms with van der Waals surface area (Å²) in [6.45, 7) is 6.54. The molecule has 0 unspecified atom stereocenters. The van der Waals surface area contributed by atoms with E-state index in [4.69, 9.17) is 9.47 Å². The van der Waals surface area contributed by atoms with E-state index in [-0.39, 0.29) is 12.0 Å². The number of benzene rings is 1. The number of methoxy groups -OCH3 is 1. The Hall–Kier alpha value is -2.14. The summed E-state index contributed by atoms with van der Waals surface area (Å²) in [5, 5.41) is 0.969. The fourth-order valence-corrected chi connectivity index (χ4v) is 3.07. The Morgan fingerprint density at radius 1 is 1.24 bits per heavy atom. The first-order chi connectivity index (χ1) is 12.1. The molecular formula is C20H26N2O3. The summed E-state index contributed by atoms with van der Waals surface area (Å²) < 4.78 is 11.1. The molecule has 1 aromatic carbocycles. The zero-order chi connectivity index (χ0) is 17.8. The van der Waals surface area contributed by atoms with Gasteiger partial charge in [0.15, 0.2) is 0 Å². The molecule has 0 saturated carbocycles. The van der Waals surface area contributed by atoms with Gasteiger partial charge in [0, 0.05) is 25.1 Å². The van der Waals surface area contributed by atoms with Crippen LogP contribution in [-0.4, -0.2) is 48.7 Å². The molecule has 0 aliphatic carbocycles. The number of likely N-dealkylation sites (tertiary alicyclic amines) is 1. The number of hydrogen-bond donors (Lipinski definition) is 0. The Morgan fingerprint density at radius 2 is 2.00 bits per heavy atom. The first kappa shape index (κ1) is 17.7. The van der Waals surface area contributed by atoms with Crippen molar-refractivity contribution >= 4 is 16.8 Å². The van der Waals surface area contributed by atoms with Crippen LogP contribution in [0.5, 0.6) is 5.75 Å². The van der Waals surface area contributed by atoms with Gasteiger partial charge in [0.1, 0.15) is 11.4 Å². The fraction of sp³-hybridized carbons (Fsp3) is 0.500. The van der Waals surface area contributed by atoms with Crippen LogP contribution in [-0.2, 0) is 4.74 Å². The third-order valence-corrected chi connectivity index (χ3v) is 4.51. The number of carbonyl (C=O) groups excluding carboxylic acids is 1. The fourth-order valence-electron chi connectivity index (χ4n) is 3.07. The Bertz CT molecular complexity index is 737. The number of carbonyl (C=O) groups is 1. The molecule has 134 valence electrons. The molecule has 2 heterocycles. The van der Waals surface area contributed by atoms with Crippen LogP contribution in [0.15, 0.2) is 30.3 Å². The second-order valence-corrected chi connectivity index (χ2v) is 6.97. The number of ether oxygens (including phenoxy) is 2. The maximum atomic E-state index is 12.7. The smallest absolute Gasteiger partial charge is 0.272 e. The highest BCUT2D eigenvalue weighted by molar-refractivity contribution is 5.95. The third-order valence-electron chi connectivity index (χ3n) is 4.51. The lowest BCUT2D eigenvalue weighted by Gasteiger charge is -2.32. The van der Waals surface area contributed by atoms with Gasteiger partial charge in [-0.2, -0.15) is 0 Å². The Morgan fingerprint density at radius 3 is 2.68 bits per heavy atom. The van der Waals surface area contributed by atoms with E-state index in [1.807, 2.05) is 29.2 Å². The first-order valence-electron chi connectivity index (χ1n) is 8.92. The van der Waals surface area contributed by atoms with Crippen molar-refractivity contribution in [1.29, 1.82) is 0 Å². The van der Waals surface area contributed by atoms with Gasteiger partial charge in [-0.15, -0.1) is 0 Å². The molecule has 0 radical (unpaired) electrons. The molecule has 2 aromatic rings. The average molecular weight is 342 g/mol. The Balaban J connectivity index is 1.64. The van der Waals surface area contributed by atoms with E-state index in [0.717, 1.165) is 49.2 Å². The summed E-state index contributed by atoms with van der Waals surface area (Å²) in [5.41, 5.74) is 1.31. The van der Waals surface area contributed by atoms with E-state index in [0.29, 0.717) is 11.6 Å². The van der Waals surface area contributed by atoms with Crippen LogP contribution < -0.4 is 4.74 Å². The van der Waals surface area contributed by atoms with Crippen molar-refractivity contribution in [2.45, 2.75) is 32.8 Å². The number of piperidine rings is 1. The Kier molecular flexibility index (Phi) is 5.53. The van der Waals surface area contributed by atoms with Crippen molar-refractivity contribution in [2.75, 3.05) is 26.8 Å². The summed E-state index contributed by atoms with van der Waals surface area (Å²) in [6, 6.07) is 9.40. The molecule has 5 heteroatoms. The summed E-state index contributed by atoms with van der Waals surface area (Å²) in [7, 11) is 1.64. The van der Waals surface area contributed by atoms with Gasteiger partial charge in [-0.05, 0) is 43.0 Å². The molecule has 0 N–H and O–H groups in total. The molecule has 5 nitrogen and oxygen atoms in total. The number of nitrogens with zero attached hydrogens (tertiary/aromatic N) is 2. The number of pyridine rings is 1. The van der Waals surface area contributed by atoms with Crippen LogP contribution in [0.25, 0.3) is 10.9 Å². The molecule has 25 heavy (non-hydrogen) atoms. The summed E-state index contributed by atoms with van der Waals surface area (Å²) in [6.07, 6.45) is 2.05. The van der Waals surface area contributed by atoms with Gasteiger partial charge >= 0.3 is 0 Å². The molecule has 1 aliphatic rings. The van der Waals surface area contributed by atoms with Crippen LogP contribution in [0.1, 0.15) is 37.2 Å². The van der Waals surface area contributed by atoms with Gasteiger partial charge in [0.2, 0.25) is 0 Å². The number of amides is 1. The van der Waals surface area contributed by atoms with Crippen molar-refractivity contribution in [1.82, 2.24) is 9.88 Å². The number of aromatic nitrogens is 1. The highest BCUT2D eigenvalue weighted by Gasteiger charge is 2.25. The van der Waals surface area contributed by atoms with Crippen LogP contribution in [0.2, 0.25) is 0 Å². The topological polar surface area (TPSA) is 51.7 Å². The highest BCUT2D eigenvalue weighted by Crippen LogP contribution is 2.21. The largest absolute Gasteiger partial charge is 0.497 e. The van der Waals surface area contributed by atoms with Gasteiger partial charge in [-0.3, -0.25) is 4.79 Å². The van der Waals surface area contributed by atoms with Gasteiger partial charge in [-0.1, -0.05) is 19.9 Å². The molecule has 0 spiro atoms. The average Bonchev–Trinajstić information content (AvgIpc) is 2.65. The normalized spacial score (nSPS) is 15.8. The molecule has 3 rings (SSSR count). The maximum absolute atomic E-state index is 12.7. The molecule has 1 aliphatic heterocycles. The van der Waals surface area contributed by atoms with E-state index in [9.17, 15) is 4.79 Å². The lowest BCUT2D eigenvalue weighted by Crippen LogP contribution is -2.41. The standard InChI is InChI=1S/C20H26N2O3/c1-14(2)13-25-16-8-10-22(11-9-16)20(23)19-6-4-15-12-17(24-3)5-7-18(15)21-19/h4-7,12,14,16H,8-11,13H2,1-3H3. The second-order valence-electron chi connectivity index (χ2n) is 6.97. The van der Waals surface area contributed by atoms with Gasteiger partial charge in [0.25, 0.3) is 5.91 Å². The number of fused-ring (bicyclic) bond motifs is 1. The van der Waals surface area contributed by atoms with Crippen molar-refractivity contribution in [3.8, 4) is 5.75 Å². The number of hydrogen-bond acceptors (Lipinski definition) is 4. The zero-order valence-corrected chi connectivity index (χ0v) is 15.2. The first-order valence-corrected chi connectivity index (χ1v) is 8.92. The van der Waals surface area contributed by atoms with Crippen LogP contribution in [0, 0.1) is 5.92 Å². The molecule has 0 atom stereocenters. The predicted molar refractivity (Wildman–Crippen MR) is 98.0 cm³/mol. The Labute approximate surface area is 148 Å². The van der Waals surface area contributed by atoms with Gasteiger partial charge < -0.3 is 14.4 Å². The monoisotopic (exact) mass is 342 g/mol. The van der Waals surface area contributed by atoms with E-state index in [1.165, 1.54) is 0 Å². The summed E-state index contributed by atoms with van der Waals surface area (Å²) >= 11 is 0. The lowest BCUT2D eigenvalue weighted by atomic mass is 10.1. The van der Waals surface area contributed by atoms with Gasteiger partial charge in [0.05, 0.1) is 18.7 Å². The van der Waals surface area contributed by atoms with Crippen LogP contribution >= 0.6 is 0 Å². The SMILES string of the molecule is COc1ccc2nc(C(=O)N3CCC(OCC(C)C)CC3)ccc2c1. The molecule has 1 amide bonds. The quantitative estimate of drug-likeness (QED) is 0.834. The van der Waals surface area contributed by atoms with Crippen molar-refractivity contribution < 1.29 is 14.3 Å². The minimum atomic E-state index is 0.0000256. The van der Waals surface area contributed by atoms with Crippen LogP contribution in [0.4, 0.5) is 0 Å². The molecule has 1 aromatic heterocycles. The molecule has 1 saturated heterocycles. The molecule has 0 bridgehead atoms. The number of rotatable bonds is 5. The minimum Gasteiger partial charge on any atom is -0.497 e. The van der Waals surface area contributed by atoms with Crippen molar-refractivity contribution in [2.24, 2.45) is 5.92 Å². The zero-order valence-electron chi connectivity index (χ0n) is 15.2. The molecule has 1 fully saturated rings. The van der Waals surface area contributed by atoms with Crippen molar-refractivity contribution in [3.05, 3.63) is 36.0 Å². The van der Waals surface area contributed by atoms with Gasteiger partial charge in [-0.25, -0.2) is 4.98 Å².